The van der Waals surface area contributed by atoms with Crippen molar-refractivity contribution in [2.24, 2.45) is 9.98 Å². The largest absolute Gasteiger partial charge is 0.367 e. The van der Waals surface area contributed by atoms with Crippen LogP contribution in [-0.2, 0) is 0 Å². The number of rotatable bonds is 14. The van der Waals surface area contributed by atoms with Gasteiger partial charge in [-0.2, -0.15) is 0 Å². The lowest BCUT2D eigenvalue weighted by Crippen LogP contribution is -2.38. The van der Waals surface area contributed by atoms with Crippen molar-refractivity contribution in [3.8, 4) is 0 Å². The smallest absolute Gasteiger partial charge is 0.129 e. The zero-order valence-corrected chi connectivity index (χ0v) is 30.4. The Hall–Kier alpha value is -3.12. The molecule has 0 aliphatic heterocycles. The first-order chi connectivity index (χ1) is 23.8. The van der Waals surface area contributed by atoms with Crippen LogP contribution in [0.15, 0.2) is 131 Å². The van der Waals surface area contributed by atoms with Crippen molar-refractivity contribution in [2.45, 2.75) is 102 Å². The molecule has 0 aromatic heterocycles. The number of unbranched alkanes of at least 4 members (excludes halogenated alkanes) is 2. The quantitative estimate of drug-likeness (QED) is 0.0615. The van der Waals surface area contributed by atoms with Crippen LogP contribution >= 0.6 is 15.8 Å². The van der Waals surface area contributed by atoms with Gasteiger partial charge in [-0.05, 0) is 66.2 Å². The van der Waals surface area contributed by atoms with E-state index in [1.165, 1.54) is 103 Å². The van der Waals surface area contributed by atoms with E-state index in [1.54, 1.807) is 0 Å². The highest BCUT2D eigenvalue weighted by atomic mass is 31.1. The van der Waals surface area contributed by atoms with Gasteiger partial charge in [-0.1, -0.05) is 166 Å². The molecule has 3 nitrogen and oxygen atoms in total. The number of amidine groups is 1. The molecule has 2 saturated carbocycles. The zero-order chi connectivity index (χ0) is 32.6. The summed E-state index contributed by atoms with van der Waals surface area (Å²) in [7, 11) is -1.35. The Morgan fingerprint density at radius 1 is 0.521 bits per heavy atom. The Labute approximate surface area is 292 Å². The molecule has 48 heavy (non-hydrogen) atoms. The van der Waals surface area contributed by atoms with Crippen molar-refractivity contribution in [1.29, 1.82) is 0 Å². The van der Waals surface area contributed by atoms with Crippen LogP contribution in [0.5, 0.6) is 0 Å². The van der Waals surface area contributed by atoms with Crippen LogP contribution < -0.4 is 26.5 Å². The number of hydrogen-bond acceptors (Lipinski definition) is 2. The summed E-state index contributed by atoms with van der Waals surface area (Å²) >= 11 is 0. The molecular formula is C43H53N3P2. The summed E-state index contributed by atoms with van der Waals surface area (Å²) in [4.78, 5) is 11.0. The van der Waals surface area contributed by atoms with E-state index in [0.717, 1.165) is 25.8 Å². The molecule has 2 aliphatic rings. The lowest BCUT2D eigenvalue weighted by molar-refractivity contribution is 0.414. The van der Waals surface area contributed by atoms with Crippen molar-refractivity contribution >= 4 is 48.1 Å². The molecule has 0 spiro atoms. The lowest BCUT2D eigenvalue weighted by Gasteiger charge is -2.29. The fraction of sp³-hybridized carbons (Fsp3) is 0.395. The molecule has 0 bridgehead atoms. The van der Waals surface area contributed by atoms with E-state index < -0.39 is 15.8 Å². The van der Waals surface area contributed by atoms with Crippen molar-refractivity contribution < 1.29 is 0 Å². The Morgan fingerprint density at radius 2 is 0.979 bits per heavy atom. The Bertz CT molecular complexity index is 1450. The standard InChI is InChI=1S/C43H53N3P2/c1-8-22-36(23-9-1)45-42(47(38-26-12-3-13-27-38)39-28-14-4-15-29-39)34-20-7-21-35-44-43(46-37-24-10-2-11-25-37)48(40-30-16-5-17-31-40)41-32-18-6-19-33-41/h3-6,12-19,26-33,36-37H,1-2,7-11,20-25,34-35H2,(H,44,46). The van der Waals surface area contributed by atoms with Crippen molar-refractivity contribution in [1.82, 2.24) is 5.32 Å². The average molecular weight is 674 g/mol. The number of aliphatic imine (C=N–C) groups is 2. The Balaban J connectivity index is 1.18. The Kier molecular flexibility index (Phi) is 13.9. The predicted molar refractivity (Wildman–Crippen MR) is 213 cm³/mol. The highest BCUT2D eigenvalue weighted by Crippen LogP contribution is 2.39. The van der Waals surface area contributed by atoms with Gasteiger partial charge >= 0.3 is 0 Å². The van der Waals surface area contributed by atoms with E-state index in [1.807, 2.05) is 0 Å². The van der Waals surface area contributed by atoms with Crippen LogP contribution in [0.2, 0.25) is 0 Å². The third-order valence-electron chi connectivity index (χ3n) is 9.69. The van der Waals surface area contributed by atoms with Gasteiger partial charge in [0.15, 0.2) is 0 Å². The highest BCUT2D eigenvalue weighted by molar-refractivity contribution is 7.88. The molecule has 1 N–H and O–H groups in total. The van der Waals surface area contributed by atoms with E-state index in [2.05, 4.69) is 127 Å². The predicted octanol–water partition coefficient (Wildman–Crippen LogP) is 9.82. The minimum atomic E-state index is -0.722. The fourth-order valence-corrected chi connectivity index (χ4v) is 11.9. The minimum absolute atomic E-state index is 0.486. The van der Waals surface area contributed by atoms with Gasteiger partial charge in [0, 0.05) is 33.9 Å². The maximum absolute atomic E-state index is 5.60. The first-order valence-electron chi connectivity index (χ1n) is 18.5. The summed E-state index contributed by atoms with van der Waals surface area (Å²) in [5, 5.41) is 9.62. The zero-order valence-electron chi connectivity index (χ0n) is 28.6. The van der Waals surface area contributed by atoms with Crippen LogP contribution in [-0.4, -0.2) is 29.7 Å². The van der Waals surface area contributed by atoms with Gasteiger partial charge in [0.2, 0.25) is 0 Å². The second-order valence-corrected chi connectivity index (χ2v) is 17.7. The van der Waals surface area contributed by atoms with E-state index in [9.17, 15) is 0 Å². The monoisotopic (exact) mass is 673 g/mol. The summed E-state index contributed by atoms with van der Waals surface area (Å²) in [5.74, 6) is 0. The molecule has 2 aliphatic carbocycles. The van der Waals surface area contributed by atoms with E-state index in [0.29, 0.717) is 12.1 Å². The van der Waals surface area contributed by atoms with Crippen molar-refractivity contribution in [3.63, 3.8) is 0 Å². The third-order valence-corrected chi connectivity index (χ3v) is 14.5. The molecule has 4 aromatic rings. The summed E-state index contributed by atoms with van der Waals surface area (Å²) in [6, 6.07) is 45.5. The van der Waals surface area contributed by atoms with E-state index in [-0.39, 0.29) is 0 Å². The lowest BCUT2D eigenvalue weighted by atomic mass is 9.96. The molecule has 0 radical (unpaired) electrons. The third kappa shape index (κ3) is 10.2. The van der Waals surface area contributed by atoms with Crippen LogP contribution in [0.1, 0.15) is 89.9 Å². The van der Waals surface area contributed by atoms with Crippen LogP contribution in [0, 0.1) is 0 Å². The SMILES string of the molecule is c1ccc(P(C(CCCCCN=C(NC2CCCCC2)P(c2ccccc2)c2ccccc2)=NC2CCCCC2)c2ccccc2)cc1. The fourth-order valence-electron chi connectivity index (χ4n) is 7.17. The molecular weight excluding hydrogens is 620 g/mol. The number of nitrogens with one attached hydrogen (secondary N) is 1. The maximum atomic E-state index is 5.60. The van der Waals surface area contributed by atoms with E-state index in [4.69, 9.17) is 9.98 Å². The van der Waals surface area contributed by atoms with Gasteiger partial charge in [0.25, 0.3) is 0 Å². The van der Waals surface area contributed by atoms with Gasteiger partial charge in [-0.15, -0.1) is 0 Å². The molecule has 250 valence electrons. The second kappa shape index (κ2) is 19.2. The summed E-state index contributed by atoms with van der Waals surface area (Å²) in [6.45, 7) is 0.870. The van der Waals surface area contributed by atoms with Crippen molar-refractivity contribution in [2.75, 3.05) is 6.54 Å². The first-order valence-corrected chi connectivity index (χ1v) is 21.2. The summed E-state index contributed by atoms with van der Waals surface area (Å²) in [5.41, 5.74) is 2.65. The normalized spacial score (nSPS) is 16.8. The molecule has 0 unspecified atom stereocenters. The van der Waals surface area contributed by atoms with Crippen LogP contribution in [0.3, 0.4) is 0 Å². The molecule has 0 amide bonds. The van der Waals surface area contributed by atoms with E-state index >= 15 is 0 Å². The number of benzene rings is 4. The molecule has 0 saturated heterocycles. The molecule has 4 aromatic carbocycles. The van der Waals surface area contributed by atoms with Crippen LogP contribution in [0.4, 0.5) is 0 Å². The second-order valence-electron chi connectivity index (χ2n) is 13.3. The average Bonchev–Trinajstić information content (AvgIpc) is 3.15. The van der Waals surface area contributed by atoms with Gasteiger partial charge in [0.1, 0.15) is 5.58 Å². The van der Waals surface area contributed by atoms with Gasteiger partial charge < -0.3 is 5.32 Å². The highest BCUT2D eigenvalue weighted by Gasteiger charge is 2.25. The number of hydrogen-bond donors (Lipinski definition) is 1. The minimum Gasteiger partial charge on any atom is -0.367 e. The van der Waals surface area contributed by atoms with Gasteiger partial charge in [-0.25, -0.2) is 0 Å². The van der Waals surface area contributed by atoms with Crippen LogP contribution in [0.25, 0.3) is 0 Å². The topological polar surface area (TPSA) is 36.8 Å². The maximum Gasteiger partial charge on any atom is 0.129 e. The number of nitrogens with zero attached hydrogens (tertiary/aromatic N) is 2. The van der Waals surface area contributed by atoms with Gasteiger partial charge in [-0.3, -0.25) is 9.98 Å². The molecule has 2 fully saturated rings. The Morgan fingerprint density at radius 3 is 1.48 bits per heavy atom. The summed E-state index contributed by atoms with van der Waals surface area (Å²) < 4.78 is 0. The molecule has 0 atom stereocenters. The summed E-state index contributed by atoms with van der Waals surface area (Å²) in [6.07, 6.45) is 17.5. The molecule has 0 heterocycles. The first kappa shape index (κ1) is 34.7. The van der Waals surface area contributed by atoms with Gasteiger partial charge in [0.05, 0.1) is 6.04 Å². The van der Waals surface area contributed by atoms with Crippen molar-refractivity contribution in [3.05, 3.63) is 121 Å². The molecule has 5 heteroatoms. The molecule has 6 rings (SSSR count).